The van der Waals surface area contributed by atoms with Crippen LogP contribution in [0.3, 0.4) is 0 Å². The summed E-state index contributed by atoms with van der Waals surface area (Å²) in [5.41, 5.74) is 0.909. The summed E-state index contributed by atoms with van der Waals surface area (Å²) in [7, 11) is 0. The summed E-state index contributed by atoms with van der Waals surface area (Å²) in [6.45, 7) is 0.646. The molecule has 2 aliphatic heterocycles. The van der Waals surface area contributed by atoms with Crippen molar-refractivity contribution in [2.24, 2.45) is 0 Å². The van der Waals surface area contributed by atoms with Gasteiger partial charge < -0.3 is 15.2 Å². The van der Waals surface area contributed by atoms with Crippen molar-refractivity contribution in [3.05, 3.63) is 48.3 Å². The second-order valence-corrected chi connectivity index (χ2v) is 7.12. The molecule has 9 heteroatoms. The van der Waals surface area contributed by atoms with Gasteiger partial charge in [0, 0.05) is 18.1 Å². The number of aromatic nitrogens is 3. The first-order valence-corrected chi connectivity index (χ1v) is 9.34. The molecule has 4 heterocycles. The third-order valence-corrected chi connectivity index (χ3v) is 5.58. The van der Waals surface area contributed by atoms with Gasteiger partial charge in [0.15, 0.2) is 6.19 Å². The van der Waals surface area contributed by atoms with Crippen molar-refractivity contribution in [2.75, 3.05) is 25.0 Å². The number of carbonyl (C=O) groups is 1. The number of para-hydroxylation sites is 1. The van der Waals surface area contributed by atoms with Crippen LogP contribution in [0.2, 0.25) is 0 Å². The Morgan fingerprint density at radius 3 is 3.03 bits per heavy atom. The summed E-state index contributed by atoms with van der Waals surface area (Å²) < 4.78 is 7.92. The van der Waals surface area contributed by atoms with Crippen molar-refractivity contribution in [1.82, 2.24) is 19.7 Å². The van der Waals surface area contributed by atoms with Gasteiger partial charge in [0.2, 0.25) is 11.5 Å². The van der Waals surface area contributed by atoms with E-state index in [2.05, 4.69) is 10.3 Å². The number of aliphatic hydroxyl groups is 1. The predicted molar refractivity (Wildman–Crippen MR) is 103 cm³/mol. The number of likely N-dealkylation sites (tertiary alicyclic amines) is 1. The molecule has 2 N–H and O–H groups in total. The lowest BCUT2D eigenvalue weighted by molar-refractivity contribution is -0.138. The third-order valence-electron chi connectivity index (χ3n) is 5.58. The van der Waals surface area contributed by atoms with Crippen molar-refractivity contribution in [1.29, 1.82) is 5.26 Å². The highest BCUT2D eigenvalue weighted by Crippen LogP contribution is 2.45. The van der Waals surface area contributed by atoms with E-state index >= 15 is 0 Å². The van der Waals surface area contributed by atoms with Crippen molar-refractivity contribution in [3.8, 4) is 12.1 Å². The number of rotatable bonds is 3. The first-order valence-electron chi connectivity index (χ1n) is 9.34. The molecule has 146 valence electrons. The highest BCUT2D eigenvalue weighted by molar-refractivity contribution is 5.94. The second kappa shape index (κ2) is 6.46. The monoisotopic (exact) mass is 390 g/mol. The van der Waals surface area contributed by atoms with Crippen LogP contribution in [0.1, 0.15) is 11.6 Å². The molecule has 1 unspecified atom stereocenters. The molecule has 1 aromatic carbocycles. The molecule has 2 atom stereocenters. The standard InChI is InChI=1S/C20H18N6O3/c21-12-25-10-14(17-13-4-1-2-6-16(13)26(24-17)8-9-27)20(19(25)28)11-23-15-5-3-7-22-18(15)29-20/h1-7,14,23,27H,8-11H2/t14?,20-/m0/s1. The minimum Gasteiger partial charge on any atom is -0.457 e. The average molecular weight is 390 g/mol. The van der Waals surface area contributed by atoms with Crippen LogP contribution in [0, 0.1) is 11.5 Å². The smallest absolute Gasteiger partial charge is 0.282 e. The Balaban J connectivity index is 1.67. The van der Waals surface area contributed by atoms with Crippen LogP contribution < -0.4 is 10.1 Å². The number of amides is 1. The second-order valence-electron chi connectivity index (χ2n) is 7.12. The van der Waals surface area contributed by atoms with Crippen LogP contribution in [0.4, 0.5) is 5.69 Å². The molecule has 1 saturated heterocycles. The minimum absolute atomic E-state index is 0.0560. The van der Waals surface area contributed by atoms with E-state index < -0.39 is 17.4 Å². The van der Waals surface area contributed by atoms with Gasteiger partial charge in [-0.25, -0.2) is 9.88 Å². The first kappa shape index (κ1) is 17.5. The van der Waals surface area contributed by atoms with E-state index in [4.69, 9.17) is 9.84 Å². The summed E-state index contributed by atoms with van der Waals surface area (Å²) in [6, 6.07) is 11.3. The molecule has 5 rings (SSSR count). The number of anilines is 1. The van der Waals surface area contributed by atoms with Crippen LogP contribution in [0.25, 0.3) is 10.9 Å². The molecule has 0 bridgehead atoms. The molecule has 2 aromatic heterocycles. The van der Waals surface area contributed by atoms with Crippen LogP contribution >= 0.6 is 0 Å². The van der Waals surface area contributed by atoms with Gasteiger partial charge in [-0.3, -0.25) is 9.48 Å². The lowest BCUT2D eigenvalue weighted by Gasteiger charge is -2.36. The van der Waals surface area contributed by atoms with E-state index in [0.717, 1.165) is 15.8 Å². The lowest BCUT2D eigenvalue weighted by atomic mass is 9.85. The number of pyridine rings is 1. The van der Waals surface area contributed by atoms with Gasteiger partial charge in [-0.1, -0.05) is 18.2 Å². The molecule has 1 amide bonds. The van der Waals surface area contributed by atoms with E-state index in [0.29, 0.717) is 23.8 Å². The molecule has 1 spiro atoms. The summed E-state index contributed by atoms with van der Waals surface area (Å²) in [4.78, 5) is 18.6. The number of nitrogens with one attached hydrogen (secondary N) is 1. The fourth-order valence-electron chi connectivity index (χ4n) is 4.22. The normalized spacial score (nSPS) is 23.0. The SMILES string of the molecule is N#CN1CC(c2nn(CCO)c3ccccc23)[C@@]2(CNc3cccnc3O2)C1=O. The van der Waals surface area contributed by atoms with Crippen molar-refractivity contribution < 1.29 is 14.6 Å². The zero-order valence-electron chi connectivity index (χ0n) is 15.4. The largest absolute Gasteiger partial charge is 0.457 e. The number of carbonyl (C=O) groups excluding carboxylic acids is 1. The summed E-state index contributed by atoms with van der Waals surface area (Å²) in [6.07, 6.45) is 3.57. The highest BCUT2D eigenvalue weighted by atomic mass is 16.5. The Morgan fingerprint density at radius 2 is 2.21 bits per heavy atom. The summed E-state index contributed by atoms with van der Waals surface area (Å²) in [5, 5.41) is 27.7. The zero-order chi connectivity index (χ0) is 20.0. The van der Waals surface area contributed by atoms with Gasteiger partial charge in [-0.05, 0) is 18.2 Å². The lowest BCUT2D eigenvalue weighted by Crippen LogP contribution is -2.55. The van der Waals surface area contributed by atoms with Crippen LogP contribution in [-0.2, 0) is 11.3 Å². The molecule has 0 radical (unpaired) electrons. The van der Waals surface area contributed by atoms with Gasteiger partial charge >= 0.3 is 0 Å². The van der Waals surface area contributed by atoms with Crippen molar-refractivity contribution in [2.45, 2.75) is 18.1 Å². The number of nitriles is 1. The maximum absolute atomic E-state index is 13.2. The Bertz CT molecular complexity index is 1150. The topological polar surface area (TPSA) is 116 Å². The fourth-order valence-corrected chi connectivity index (χ4v) is 4.22. The number of ether oxygens (including phenoxy) is 1. The Morgan fingerprint density at radius 1 is 1.34 bits per heavy atom. The molecule has 29 heavy (non-hydrogen) atoms. The fraction of sp³-hybridized carbons (Fsp3) is 0.300. The number of benzene rings is 1. The van der Waals surface area contributed by atoms with Crippen molar-refractivity contribution in [3.63, 3.8) is 0 Å². The molecule has 0 saturated carbocycles. The highest BCUT2D eigenvalue weighted by Gasteiger charge is 2.60. The molecule has 1 fully saturated rings. The molecular formula is C20H18N6O3. The van der Waals surface area contributed by atoms with Gasteiger partial charge in [-0.15, -0.1) is 0 Å². The molecular weight excluding hydrogens is 372 g/mol. The van der Waals surface area contributed by atoms with Crippen LogP contribution in [0.5, 0.6) is 5.88 Å². The molecule has 3 aromatic rings. The molecule has 9 nitrogen and oxygen atoms in total. The summed E-state index contributed by atoms with van der Waals surface area (Å²) >= 11 is 0. The summed E-state index contributed by atoms with van der Waals surface area (Å²) in [5.74, 6) is -0.562. The maximum Gasteiger partial charge on any atom is 0.282 e. The van der Waals surface area contributed by atoms with Gasteiger partial charge in [0.1, 0.15) is 0 Å². The average Bonchev–Trinajstić information content (AvgIpc) is 3.24. The number of fused-ring (bicyclic) bond motifs is 2. The van der Waals surface area contributed by atoms with E-state index in [9.17, 15) is 15.2 Å². The number of nitrogens with zero attached hydrogens (tertiary/aromatic N) is 5. The third kappa shape index (κ3) is 2.46. The van der Waals surface area contributed by atoms with E-state index in [-0.39, 0.29) is 19.7 Å². The van der Waals surface area contributed by atoms with E-state index in [1.165, 1.54) is 0 Å². The number of hydrogen-bond acceptors (Lipinski definition) is 7. The van der Waals surface area contributed by atoms with Gasteiger partial charge in [0.25, 0.3) is 5.91 Å². The van der Waals surface area contributed by atoms with Gasteiger partial charge in [0.05, 0.1) is 42.5 Å². The van der Waals surface area contributed by atoms with E-state index in [1.807, 2.05) is 36.5 Å². The number of hydrogen-bond donors (Lipinski definition) is 2. The molecule has 0 aliphatic carbocycles. The Hall–Kier alpha value is -3.64. The maximum atomic E-state index is 13.2. The zero-order valence-corrected chi connectivity index (χ0v) is 15.4. The Labute approximate surface area is 166 Å². The van der Waals surface area contributed by atoms with Gasteiger partial charge in [-0.2, -0.15) is 10.4 Å². The Kier molecular flexibility index (Phi) is 3.89. The minimum atomic E-state index is -1.32. The number of aliphatic hydroxyl groups excluding tert-OH is 1. The van der Waals surface area contributed by atoms with E-state index in [1.54, 1.807) is 16.9 Å². The van der Waals surface area contributed by atoms with Crippen LogP contribution in [-0.4, -0.2) is 56.0 Å². The predicted octanol–water partition coefficient (Wildman–Crippen LogP) is 1.07. The van der Waals surface area contributed by atoms with Crippen LogP contribution in [0.15, 0.2) is 42.6 Å². The quantitative estimate of drug-likeness (QED) is 0.643. The first-order chi connectivity index (χ1) is 14.2. The van der Waals surface area contributed by atoms with Crippen molar-refractivity contribution >= 4 is 22.5 Å². The molecule has 2 aliphatic rings.